The summed E-state index contributed by atoms with van der Waals surface area (Å²) in [6, 6.07) is 5.44. The number of nitrogens with zero attached hydrogens (tertiary/aromatic N) is 2. The number of pyridine rings is 1. The first-order chi connectivity index (χ1) is 12.0. The number of aryl methyl sites for hydroxylation is 2. The average molecular weight is 375 g/mol. The van der Waals surface area contributed by atoms with Gasteiger partial charge in [-0.1, -0.05) is 35.9 Å². The van der Waals surface area contributed by atoms with Crippen LogP contribution in [0.1, 0.15) is 28.6 Å². The molecule has 0 aliphatic carbocycles. The van der Waals surface area contributed by atoms with Crippen molar-refractivity contribution in [3.05, 3.63) is 51.1 Å². The van der Waals surface area contributed by atoms with Gasteiger partial charge in [0.15, 0.2) is 0 Å². The van der Waals surface area contributed by atoms with E-state index in [2.05, 4.69) is 16.9 Å². The summed E-state index contributed by atoms with van der Waals surface area (Å²) in [5, 5.41) is 1.51. The fourth-order valence-electron chi connectivity index (χ4n) is 2.94. The molecule has 130 valence electrons. The van der Waals surface area contributed by atoms with E-state index in [0.29, 0.717) is 23.6 Å². The number of hydrogen-bond acceptors (Lipinski definition) is 5. The van der Waals surface area contributed by atoms with E-state index in [1.165, 1.54) is 0 Å². The number of carbonyl (C=O) groups excluding carboxylic acids is 1. The van der Waals surface area contributed by atoms with Crippen LogP contribution in [0.5, 0.6) is 5.75 Å². The van der Waals surface area contributed by atoms with Crippen molar-refractivity contribution >= 4 is 39.1 Å². The third-order valence-electron chi connectivity index (χ3n) is 4.09. The van der Waals surface area contributed by atoms with Crippen LogP contribution in [0.15, 0.2) is 24.4 Å². The molecule has 2 aromatic heterocycles. The first kappa shape index (κ1) is 17.8. The number of hydrogen-bond donors (Lipinski definition) is 0. The lowest BCUT2D eigenvalue weighted by molar-refractivity contribution is -0.117. The van der Waals surface area contributed by atoms with E-state index in [4.69, 9.17) is 16.3 Å². The zero-order valence-corrected chi connectivity index (χ0v) is 16.0. The number of fused-ring (bicyclic) bond motifs is 1. The molecule has 0 fully saturated rings. The molecule has 3 rings (SSSR count). The van der Waals surface area contributed by atoms with Crippen molar-refractivity contribution in [1.82, 2.24) is 9.97 Å². The first-order valence-electron chi connectivity index (χ1n) is 8.09. The number of aromatic nitrogens is 2. The first-order valence-corrected chi connectivity index (χ1v) is 9.29. The standard InChI is InChI=1S/C19H19ClN2O2S/c1-4-15-13(10-21-19-18(15)22-11(2)25-19)9-14(23)7-12-5-6-17(24-3)16(20)8-12/h5-6,8,10H,4,7,9H2,1-3H3. The predicted octanol–water partition coefficient (Wildman–Crippen LogP) is 4.58. The molecule has 2 heterocycles. The molecule has 4 nitrogen and oxygen atoms in total. The van der Waals surface area contributed by atoms with Crippen molar-refractivity contribution in [3.63, 3.8) is 0 Å². The van der Waals surface area contributed by atoms with Crippen LogP contribution >= 0.6 is 22.9 Å². The highest BCUT2D eigenvalue weighted by Gasteiger charge is 2.15. The van der Waals surface area contributed by atoms with Crippen LogP contribution in [0.25, 0.3) is 10.3 Å². The zero-order valence-electron chi connectivity index (χ0n) is 14.4. The van der Waals surface area contributed by atoms with Gasteiger partial charge in [0.2, 0.25) is 0 Å². The summed E-state index contributed by atoms with van der Waals surface area (Å²) in [5.41, 5.74) is 3.90. The molecule has 0 aliphatic rings. The van der Waals surface area contributed by atoms with Gasteiger partial charge in [0.05, 0.1) is 17.1 Å². The fourth-order valence-corrected chi connectivity index (χ4v) is 4.00. The minimum absolute atomic E-state index is 0.129. The maximum Gasteiger partial charge on any atom is 0.143 e. The number of rotatable bonds is 6. The third kappa shape index (κ3) is 3.83. The highest BCUT2D eigenvalue weighted by molar-refractivity contribution is 7.18. The van der Waals surface area contributed by atoms with Crippen LogP contribution < -0.4 is 4.74 Å². The molecule has 0 bridgehead atoms. The van der Waals surface area contributed by atoms with E-state index in [0.717, 1.165) is 38.5 Å². The van der Waals surface area contributed by atoms with Crippen LogP contribution in [-0.2, 0) is 24.1 Å². The van der Waals surface area contributed by atoms with Crippen LogP contribution in [0.4, 0.5) is 0 Å². The Bertz CT molecular complexity index is 937. The van der Waals surface area contributed by atoms with Crippen LogP contribution in [0.2, 0.25) is 5.02 Å². The van der Waals surface area contributed by atoms with Crippen molar-refractivity contribution < 1.29 is 9.53 Å². The molecule has 25 heavy (non-hydrogen) atoms. The summed E-state index contributed by atoms with van der Waals surface area (Å²) in [5.74, 6) is 0.740. The van der Waals surface area contributed by atoms with E-state index in [1.807, 2.05) is 19.2 Å². The van der Waals surface area contributed by atoms with Crippen molar-refractivity contribution in [2.45, 2.75) is 33.1 Å². The Morgan fingerprint density at radius 2 is 2.12 bits per heavy atom. The molecule has 0 atom stereocenters. The van der Waals surface area contributed by atoms with Crippen LogP contribution in [-0.4, -0.2) is 22.9 Å². The van der Waals surface area contributed by atoms with Crippen molar-refractivity contribution in [3.8, 4) is 5.75 Å². The van der Waals surface area contributed by atoms with Gasteiger partial charge >= 0.3 is 0 Å². The molecule has 0 spiro atoms. The van der Waals surface area contributed by atoms with E-state index in [1.54, 1.807) is 30.6 Å². The molecular weight excluding hydrogens is 356 g/mol. The number of ketones is 1. The van der Waals surface area contributed by atoms with Crippen LogP contribution in [0, 0.1) is 6.92 Å². The molecule has 0 saturated heterocycles. The molecule has 0 saturated carbocycles. The molecule has 0 amide bonds. The van der Waals surface area contributed by atoms with Gasteiger partial charge in [0.25, 0.3) is 0 Å². The molecule has 1 aromatic carbocycles. The van der Waals surface area contributed by atoms with Crippen molar-refractivity contribution in [2.24, 2.45) is 0 Å². The van der Waals surface area contributed by atoms with Gasteiger partial charge in [0.1, 0.15) is 21.9 Å². The van der Waals surface area contributed by atoms with Crippen LogP contribution in [0.3, 0.4) is 0 Å². The van der Waals surface area contributed by atoms with Crippen molar-refractivity contribution in [2.75, 3.05) is 7.11 Å². The maximum absolute atomic E-state index is 12.5. The number of benzene rings is 1. The molecule has 0 N–H and O–H groups in total. The maximum atomic E-state index is 12.5. The summed E-state index contributed by atoms with van der Waals surface area (Å²) >= 11 is 7.72. The fraction of sp³-hybridized carbons (Fsp3) is 0.316. The van der Waals surface area contributed by atoms with Gasteiger partial charge < -0.3 is 4.74 Å². The highest BCUT2D eigenvalue weighted by atomic mass is 35.5. The zero-order chi connectivity index (χ0) is 18.0. The number of halogens is 1. The molecular formula is C19H19ClN2O2S. The minimum atomic E-state index is 0.129. The molecule has 0 radical (unpaired) electrons. The SMILES string of the molecule is CCc1c(CC(=O)Cc2ccc(OC)c(Cl)c2)cnc2sc(C)nc12. The van der Waals surface area contributed by atoms with Gasteiger partial charge in [0, 0.05) is 19.0 Å². The quantitative estimate of drug-likeness (QED) is 0.633. The van der Waals surface area contributed by atoms with Gasteiger partial charge in [-0.3, -0.25) is 4.79 Å². The Kier molecular flexibility index (Phi) is 5.35. The largest absolute Gasteiger partial charge is 0.495 e. The third-order valence-corrected chi connectivity index (χ3v) is 5.26. The monoisotopic (exact) mass is 374 g/mol. The lowest BCUT2D eigenvalue weighted by atomic mass is 9.99. The number of Topliss-reactive ketones (excluding diaryl/α,β-unsaturated/α-hetero) is 1. The summed E-state index contributed by atoms with van der Waals surface area (Å²) in [6.45, 7) is 4.06. The lowest BCUT2D eigenvalue weighted by Crippen LogP contribution is -2.09. The predicted molar refractivity (Wildman–Crippen MR) is 102 cm³/mol. The summed E-state index contributed by atoms with van der Waals surface area (Å²) in [6.07, 6.45) is 3.34. The number of thiazole rings is 1. The second kappa shape index (κ2) is 7.50. The number of carbonyl (C=O) groups is 1. The van der Waals surface area contributed by atoms with E-state index >= 15 is 0 Å². The Hall–Kier alpha value is -1.98. The highest BCUT2D eigenvalue weighted by Crippen LogP contribution is 2.27. The number of methoxy groups -OCH3 is 1. The molecule has 3 aromatic rings. The summed E-state index contributed by atoms with van der Waals surface area (Å²) < 4.78 is 5.14. The van der Waals surface area contributed by atoms with Gasteiger partial charge in [-0.2, -0.15) is 0 Å². The van der Waals surface area contributed by atoms with Gasteiger partial charge in [-0.25, -0.2) is 9.97 Å². The second-order valence-corrected chi connectivity index (χ2v) is 7.45. The lowest BCUT2D eigenvalue weighted by Gasteiger charge is -2.09. The second-order valence-electron chi connectivity index (χ2n) is 5.86. The topological polar surface area (TPSA) is 52.1 Å². The molecule has 0 unspecified atom stereocenters. The van der Waals surface area contributed by atoms with Gasteiger partial charge in [-0.15, -0.1) is 0 Å². The number of ether oxygens (including phenoxy) is 1. The molecule has 0 aliphatic heterocycles. The van der Waals surface area contributed by atoms with E-state index in [9.17, 15) is 4.79 Å². The summed E-state index contributed by atoms with van der Waals surface area (Å²) in [4.78, 5) is 22.5. The summed E-state index contributed by atoms with van der Waals surface area (Å²) in [7, 11) is 1.57. The minimum Gasteiger partial charge on any atom is -0.495 e. The Morgan fingerprint density at radius 3 is 2.80 bits per heavy atom. The Balaban J connectivity index is 1.81. The average Bonchev–Trinajstić information content (AvgIpc) is 2.95. The normalized spacial score (nSPS) is 11.0. The van der Waals surface area contributed by atoms with E-state index < -0.39 is 0 Å². The van der Waals surface area contributed by atoms with E-state index in [-0.39, 0.29) is 5.78 Å². The van der Waals surface area contributed by atoms with Crippen molar-refractivity contribution in [1.29, 1.82) is 0 Å². The smallest absolute Gasteiger partial charge is 0.143 e. The van der Waals surface area contributed by atoms with Gasteiger partial charge in [-0.05, 0) is 42.2 Å². The Labute approximate surface area is 155 Å². The molecule has 6 heteroatoms. The Morgan fingerprint density at radius 1 is 1.32 bits per heavy atom.